The molecular weight excluding hydrogens is 320 g/mol. The Morgan fingerprint density at radius 1 is 1.24 bits per heavy atom. The van der Waals surface area contributed by atoms with Gasteiger partial charge in [-0.1, -0.05) is 24.3 Å². The SMILES string of the molecule is CN(C)c1ccc2c(c1)NC(=O)C[C@H]2c1ccccc1OCC(=O)O. The van der Waals surface area contributed by atoms with Gasteiger partial charge in [-0.15, -0.1) is 0 Å². The maximum absolute atomic E-state index is 12.2. The van der Waals surface area contributed by atoms with E-state index in [2.05, 4.69) is 5.32 Å². The van der Waals surface area contributed by atoms with Crippen molar-refractivity contribution in [2.45, 2.75) is 12.3 Å². The van der Waals surface area contributed by atoms with Crippen molar-refractivity contribution in [3.63, 3.8) is 0 Å². The van der Waals surface area contributed by atoms with Crippen LogP contribution < -0.4 is 15.0 Å². The molecule has 1 aliphatic rings. The third-order valence-electron chi connectivity index (χ3n) is 4.24. The summed E-state index contributed by atoms with van der Waals surface area (Å²) in [5.74, 6) is -0.786. The van der Waals surface area contributed by atoms with Crippen LogP contribution >= 0.6 is 0 Å². The van der Waals surface area contributed by atoms with Crippen LogP contribution in [0.25, 0.3) is 0 Å². The molecule has 0 unspecified atom stereocenters. The first kappa shape index (κ1) is 16.8. The number of aliphatic carboxylic acids is 1. The Bertz CT molecular complexity index is 817. The average Bonchev–Trinajstić information content (AvgIpc) is 2.58. The zero-order valence-electron chi connectivity index (χ0n) is 14.2. The van der Waals surface area contributed by atoms with Crippen molar-refractivity contribution in [3.8, 4) is 5.75 Å². The third-order valence-corrected chi connectivity index (χ3v) is 4.24. The van der Waals surface area contributed by atoms with Gasteiger partial charge in [-0.25, -0.2) is 4.79 Å². The first-order valence-corrected chi connectivity index (χ1v) is 8.00. The number of carboxylic acids is 1. The van der Waals surface area contributed by atoms with E-state index in [0.29, 0.717) is 12.2 Å². The van der Waals surface area contributed by atoms with Crippen LogP contribution in [0.15, 0.2) is 42.5 Å². The van der Waals surface area contributed by atoms with Gasteiger partial charge >= 0.3 is 5.97 Å². The second kappa shape index (κ2) is 6.84. The number of carbonyl (C=O) groups excluding carboxylic acids is 1. The number of nitrogens with one attached hydrogen (secondary N) is 1. The fourth-order valence-electron chi connectivity index (χ4n) is 3.05. The molecule has 0 aliphatic carbocycles. The summed E-state index contributed by atoms with van der Waals surface area (Å²) in [5.41, 5.74) is 3.59. The van der Waals surface area contributed by atoms with Gasteiger partial charge in [0, 0.05) is 43.4 Å². The van der Waals surface area contributed by atoms with Gasteiger partial charge in [0.15, 0.2) is 6.61 Å². The van der Waals surface area contributed by atoms with Crippen LogP contribution in [0.1, 0.15) is 23.5 Å². The number of hydrogen-bond donors (Lipinski definition) is 2. The number of para-hydroxylation sites is 1. The molecule has 0 saturated heterocycles. The Morgan fingerprint density at radius 2 is 2.00 bits per heavy atom. The molecule has 1 atom stereocenters. The summed E-state index contributed by atoms with van der Waals surface area (Å²) in [7, 11) is 3.89. The normalized spacial score (nSPS) is 15.9. The molecule has 3 rings (SSSR count). The zero-order chi connectivity index (χ0) is 18.0. The second-order valence-corrected chi connectivity index (χ2v) is 6.19. The number of carboxylic acid groups (broad SMARTS) is 1. The Hall–Kier alpha value is -3.02. The summed E-state index contributed by atoms with van der Waals surface area (Å²) in [6.45, 7) is -0.414. The van der Waals surface area contributed by atoms with Crippen LogP contribution in [0.2, 0.25) is 0 Å². The third kappa shape index (κ3) is 3.57. The highest BCUT2D eigenvalue weighted by molar-refractivity contribution is 5.96. The number of benzene rings is 2. The van der Waals surface area contributed by atoms with Gasteiger partial charge < -0.3 is 20.1 Å². The van der Waals surface area contributed by atoms with Crippen LogP contribution in [-0.2, 0) is 9.59 Å². The standard InChI is InChI=1S/C19H20N2O4/c1-21(2)12-7-8-13-15(10-18(22)20-16(13)9-12)14-5-3-4-6-17(14)25-11-19(23)24/h3-9,15H,10-11H2,1-2H3,(H,20,22)(H,23,24)/t15-/m1/s1. The van der Waals surface area contributed by atoms with E-state index in [1.807, 2.05) is 49.3 Å². The predicted octanol–water partition coefficient (Wildman–Crippen LogP) is 2.69. The van der Waals surface area contributed by atoms with Crippen LogP contribution in [0, 0.1) is 0 Å². The van der Waals surface area contributed by atoms with E-state index in [4.69, 9.17) is 9.84 Å². The molecule has 1 heterocycles. The molecule has 2 N–H and O–H groups in total. The van der Waals surface area contributed by atoms with Gasteiger partial charge in [-0.05, 0) is 23.8 Å². The van der Waals surface area contributed by atoms with E-state index in [1.165, 1.54) is 0 Å². The van der Waals surface area contributed by atoms with Crippen LogP contribution in [0.5, 0.6) is 5.75 Å². The number of carbonyl (C=O) groups is 2. The van der Waals surface area contributed by atoms with Crippen LogP contribution in [-0.4, -0.2) is 37.7 Å². The lowest BCUT2D eigenvalue weighted by Crippen LogP contribution is -2.24. The minimum Gasteiger partial charge on any atom is -0.482 e. The van der Waals surface area contributed by atoms with Gasteiger partial charge in [0.1, 0.15) is 5.75 Å². The minimum atomic E-state index is -1.03. The van der Waals surface area contributed by atoms with Crippen molar-refractivity contribution < 1.29 is 19.4 Å². The van der Waals surface area contributed by atoms with Gasteiger partial charge in [0.05, 0.1) is 0 Å². The lowest BCUT2D eigenvalue weighted by molar-refractivity contribution is -0.139. The van der Waals surface area contributed by atoms with Crippen molar-refractivity contribution in [2.75, 3.05) is 30.9 Å². The maximum atomic E-state index is 12.2. The van der Waals surface area contributed by atoms with Crippen molar-refractivity contribution in [2.24, 2.45) is 0 Å². The quantitative estimate of drug-likeness (QED) is 0.875. The molecule has 2 aromatic carbocycles. The minimum absolute atomic E-state index is 0.0681. The molecule has 1 aliphatic heterocycles. The fourth-order valence-corrected chi connectivity index (χ4v) is 3.05. The molecule has 6 nitrogen and oxygen atoms in total. The molecular formula is C19H20N2O4. The van der Waals surface area contributed by atoms with E-state index in [0.717, 1.165) is 22.5 Å². The highest BCUT2D eigenvalue weighted by Crippen LogP contribution is 2.41. The monoisotopic (exact) mass is 340 g/mol. The van der Waals surface area contributed by atoms with Crippen molar-refractivity contribution in [3.05, 3.63) is 53.6 Å². The largest absolute Gasteiger partial charge is 0.482 e. The molecule has 0 saturated carbocycles. The van der Waals surface area contributed by atoms with Crippen LogP contribution in [0.3, 0.4) is 0 Å². The second-order valence-electron chi connectivity index (χ2n) is 6.19. The van der Waals surface area contributed by atoms with Crippen molar-refractivity contribution in [1.82, 2.24) is 0 Å². The van der Waals surface area contributed by atoms with Gasteiger partial charge in [0.25, 0.3) is 0 Å². The number of anilines is 2. The summed E-state index contributed by atoms with van der Waals surface area (Å²) in [4.78, 5) is 25.0. The first-order chi connectivity index (χ1) is 12.0. The number of ether oxygens (including phenoxy) is 1. The molecule has 0 bridgehead atoms. The Morgan fingerprint density at radius 3 is 2.72 bits per heavy atom. The molecule has 0 aromatic heterocycles. The molecule has 2 aromatic rings. The Kier molecular flexibility index (Phi) is 4.61. The molecule has 1 amide bonds. The van der Waals surface area contributed by atoms with Crippen molar-refractivity contribution >= 4 is 23.3 Å². The van der Waals surface area contributed by atoms with Crippen LogP contribution in [0.4, 0.5) is 11.4 Å². The fraction of sp³-hybridized carbons (Fsp3) is 0.263. The summed E-state index contributed by atoms with van der Waals surface area (Å²) in [5, 5.41) is 11.8. The molecule has 6 heteroatoms. The maximum Gasteiger partial charge on any atom is 0.341 e. The lowest BCUT2D eigenvalue weighted by atomic mass is 9.84. The average molecular weight is 340 g/mol. The van der Waals surface area contributed by atoms with E-state index >= 15 is 0 Å². The molecule has 0 radical (unpaired) electrons. The molecule has 25 heavy (non-hydrogen) atoms. The van der Waals surface area contributed by atoms with Crippen molar-refractivity contribution in [1.29, 1.82) is 0 Å². The highest BCUT2D eigenvalue weighted by atomic mass is 16.5. The summed E-state index contributed by atoms with van der Waals surface area (Å²) >= 11 is 0. The molecule has 130 valence electrons. The number of hydrogen-bond acceptors (Lipinski definition) is 4. The molecule has 0 fully saturated rings. The topological polar surface area (TPSA) is 78.9 Å². The Labute approximate surface area is 146 Å². The highest BCUT2D eigenvalue weighted by Gasteiger charge is 2.29. The predicted molar refractivity (Wildman–Crippen MR) is 95.4 cm³/mol. The van der Waals surface area contributed by atoms with E-state index in [-0.39, 0.29) is 11.8 Å². The number of rotatable bonds is 5. The van der Waals surface area contributed by atoms with E-state index < -0.39 is 12.6 Å². The number of fused-ring (bicyclic) bond motifs is 1. The Balaban J connectivity index is 2.02. The zero-order valence-corrected chi connectivity index (χ0v) is 14.2. The van der Waals surface area contributed by atoms with E-state index in [1.54, 1.807) is 12.1 Å². The van der Waals surface area contributed by atoms with Gasteiger partial charge in [-0.2, -0.15) is 0 Å². The smallest absolute Gasteiger partial charge is 0.341 e. The summed E-state index contributed by atoms with van der Waals surface area (Å²) in [6, 6.07) is 13.2. The summed E-state index contributed by atoms with van der Waals surface area (Å²) < 4.78 is 5.42. The summed E-state index contributed by atoms with van der Waals surface area (Å²) in [6.07, 6.45) is 0.293. The lowest BCUT2D eigenvalue weighted by Gasteiger charge is -2.28. The van der Waals surface area contributed by atoms with Gasteiger partial charge in [0.2, 0.25) is 5.91 Å². The molecule has 0 spiro atoms. The number of nitrogens with zero attached hydrogens (tertiary/aromatic N) is 1. The first-order valence-electron chi connectivity index (χ1n) is 8.00. The number of amides is 1. The van der Waals surface area contributed by atoms with Gasteiger partial charge in [-0.3, -0.25) is 4.79 Å². The van der Waals surface area contributed by atoms with E-state index in [9.17, 15) is 9.59 Å².